The molecule has 154 valence electrons. The van der Waals surface area contributed by atoms with Gasteiger partial charge in [-0.2, -0.15) is 0 Å². The van der Waals surface area contributed by atoms with E-state index in [1.54, 1.807) is 4.90 Å². The molecule has 0 saturated heterocycles. The maximum absolute atomic E-state index is 12.7. The fourth-order valence-electron chi connectivity index (χ4n) is 3.40. The molecule has 1 aliphatic heterocycles. The number of anilines is 2. The van der Waals surface area contributed by atoms with Crippen LogP contribution in [0, 0.1) is 0 Å². The fraction of sp³-hybridized carbons (Fsp3) is 0.409. The molecule has 1 aromatic carbocycles. The van der Waals surface area contributed by atoms with Crippen LogP contribution in [0.15, 0.2) is 36.4 Å². The summed E-state index contributed by atoms with van der Waals surface area (Å²) in [5, 5.41) is 5.89. The molecular weight excluding hydrogens is 366 g/mol. The van der Waals surface area contributed by atoms with E-state index in [9.17, 15) is 9.59 Å². The Kier molecular flexibility index (Phi) is 6.36. The highest BCUT2D eigenvalue weighted by molar-refractivity contribution is 5.99. The van der Waals surface area contributed by atoms with Crippen molar-refractivity contribution in [3.63, 3.8) is 0 Å². The number of rotatable bonds is 4. The quantitative estimate of drug-likeness (QED) is 0.834. The third-order valence-electron chi connectivity index (χ3n) is 4.84. The zero-order valence-corrected chi connectivity index (χ0v) is 17.5. The summed E-state index contributed by atoms with van der Waals surface area (Å²) in [5.74, 6) is 0.533. The lowest BCUT2D eigenvalue weighted by Crippen LogP contribution is -2.36. The zero-order valence-electron chi connectivity index (χ0n) is 17.5. The van der Waals surface area contributed by atoms with Crippen LogP contribution in [0.2, 0.25) is 0 Å². The van der Waals surface area contributed by atoms with Crippen LogP contribution in [0.5, 0.6) is 0 Å². The Morgan fingerprint density at radius 2 is 1.79 bits per heavy atom. The normalized spacial score (nSPS) is 13.5. The Labute approximate surface area is 172 Å². The van der Waals surface area contributed by atoms with Gasteiger partial charge in [0.1, 0.15) is 5.82 Å². The molecular formula is C22H29N5O2. The Morgan fingerprint density at radius 1 is 1.10 bits per heavy atom. The summed E-state index contributed by atoms with van der Waals surface area (Å²) < 4.78 is 0. The van der Waals surface area contributed by atoms with Crippen molar-refractivity contribution < 1.29 is 9.59 Å². The second-order valence-electron chi connectivity index (χ2n) is 7.77. The number of nitrogens with zero attached hydrogens (tertiary/aromatic N) is 3. The number of aromatic nitrogens is 1. The number of carbonyl (C=O) groups is 2. The molecule has 0 aliphatic carbocycles. The van der Waals surface area contributed by atoms with E-state index in [0.717, 1.165) is 16.9 Å². The van der Waals surface area contributed by atoms with E-state index in [1.807, 2.05) is 69.2 Å². The Morgan fingerprint density at radius 3 is 2.45 bits per heavy atom. The van der Waals surface area contributed by atoms with Gasteiger partial charge in [0.05, 0.1) is 5.56 Å². The minimum Gasteiger partial charge on any atom is -0.362 e. The Balaban J connectivity index is 1.79. The molecule has 0 bridgehead atoms. The topological polar surface area (TPSA) is 77.6 Å². The molecule has 3 rings (SSSR count). The van der Waals surface area contributed by atoms with Gasteiger partial charge in [-0.1, -0.05) is 18.2 Å². The van der Waals surface area contributed by atoms with Crippen LogP contribution < -0.4 is 15.5 Å². The van der Waals surface area contributed by atoms with Gasteiger partial charge in [0.25, 0.3) is 5.91 Å². The molecule has 1 aromatic heterocycles. The van der Waals surface area contributed by atoms with E-state index in [-0.39, 0.29) is 18.0 Å². The van der Waals surface area contributed by atoms with Gasteiger partial charge >= 0.3 is 6.03 Å². The van der Waals surface area contributed by atoms with Gasteiger partial charge in [0, 0.05) is 51.0 Å². The van der Waals surface area contributed by atoms with Gasteiger partial charge in [-0.3, -0.25) is 4.79 Å². The molecule has 0 saturated carbocycles. The first-order valence-electron chi connectivity index (χ1n) is 9.97. The molecule has 0 unspecified atom stereocenters. The van der Waals surface area contributed by atoms with Crippen LogP contribution in [-0.4, -0.2) is 55.0 Å². The van der Waals surface area contributed by atoms with Crippen LogP contribution in [0.4, 0.5) is 16.3 Å². The average molecular weight is 396 g/mol. The second-order valence-corrected chi connectivity index (χ2v) is 7.77. The van der Waals surface area contributed by atoms with Crippen molar-refractivity contribution in [2.75, 3.05) is 37.4 Å². The molecule has 2 heterocycles. The number of fused-ring (bicyclic) bond motifs is 1. The van der Waals surface area contributed by atoms with E-state index < -0.39 is 0 Å². The van der Waals surface area contributed by atoms with Crippen molar-refractivity contribution in [1.29, 1.82) is 0 Å². The summed E-state index contributed by atoms with van der Waals surface area (Å²) >= 11 is 0. The first-order chi connectivity index (χ1) is 13.8. The van der Waals surface area contributed by atoms with Crippen molar-refractivity contribution in [1.82, 2.24) is 15.2 Å². The van der Waals surface area contributed by atoms with Gasteiger partial charge < -0.3 is 20.4 Å². The molecule has 0 atom stereocenters. The summed E-state index contributed by atoms with van der Waals surface area (Å²) in [6, 6.07) is 11.3. The first kappa shape index (κ1) is 20.6. The predicted molar refractivity (Wildman–Crippen MR) is 116 cm³/mol. The van der Waals surface area contributed by atoms with Crippen LogP contribution >= 0.6 is 0 Å². The molecule has 0 radical (unpaired) electrons. The Bertz CT molecular complexity index is 880. The first-order valence-corrected chi connectivity index (χ1v) is 9.97. The van der Waals surface area contributed by atoms with Crippen LogP contribution in [0.1, 0.15) is 35.5 Å². The number of hydrogen-bond donors (Lipinski definition) is 2. The van der Waals surface area contributed by atoms with E-state index in [4.69, 9.17) is 4.98 Å². The number of nitrogens with one attached hydrogen (secondary N) is 2. The van der Waals surface area contributed by atoms with Gasteiger partial charge in [0.15, 0.2) is 0 Å². The maximum Gasteiger partial charge on any atom is 0.321 e. The van der Waals surface area contributed by atoms with E-state index in [2.05, 4.69) is 10.6 Å². The number of carbonyl (C=O) groups excluding carboxylic acids is 2. The summed E-state index contributed by atoms with van der Waals surface area (Å²) in [6.07, 6.45) is 1.32. The van der Waals surface area contributed by atoms with Crippen LogP contribution in [0.25, 0.3) is 0 Å². The maximum atomic E-state index is 12.7. The zero-order chi connectivity index (χ0) is 21.0. The van der Waals surface area contributed by atoms with Gasteiger partial charge in [0.2, 0.25) is 0 Å². The molecule has 7 heteroatoms. The lowest BCUT2D eigenvalue weighted by molar-refractivity contribution is 0.0943. The lowest BCUT2D eigenvalue weighted by atomic mass is 10.0. The average Bonchev–Trinajstić information content (AvgIpc) is 2.89. The van der Waals surface area contributed by atoms with Crippen LogP contribution in [0.3, 0.4) is 0 Å². The highest BCUT2D eigenvalue weighted by atomic mass is 16.2. The number of benzene rings is 1. The van der Waals surface area contributed by atoms with Crippen molar-refractivity contribution in [2.45, 2.75) is 32.7 Å². The number of pyridine rings is 1. The Hall–Kier alpha value is -3.09. The summed E-state index contributed by atoms with van der Waals surface area (Å²) in [6.45, 7) is 5.05. The largest absolute Gasteiger partial charge is 0.362 e. The fourth-order valence-corrected chi connectivity index (χ4v) is 3.40. The molecule has 2 aromatic rings. The van der Waals surface area contributed by atoms with Gasteiger partial charge in [-0.05, 0) is 44.0 Å². The SMILES string of the molecule is CC(C)NC(=O)c1cc2c(nc1N(C)C)CCN(C(=O)Nc1ccccc1)CC2. The number of para-hydroxylation sites is 1. The van der Waals surface area contributed by atoms with Gasteiger partial charge in [-0.25, -0.2) is 9.78 Å². The molecule has 3 amide bonds. The lowest BCUT2D eigenvalue weighted by Gasteiger charge is -2.20. The molecule has 0 fully saturated rings. The third kappa shape index (κ3) is 5.04. The van der Waals surface area contributed by atoms with Crippen molar-refractivity contribution >= 4 is 23.4 Å². The monoisotopic (exact) mass is 395 g/mol. The highest BCUT2D eigenvalue weighted by Crippen LogP contribution is 2.24. The second kappa shape index (κ2) is 8.94. The van der Waals surface area contributed by atoms with Crippen LogP contribution in [-0.2, 0) is 12.8 Å². The summed E-state index contributed by atoms with van der Waals surface area (Å²) in [4.78, 5) is 33.8. The number of urea groups is 1. The summed E-state index contributed by atoms with van der Waals surface area (Å²) in [5.41, 5.74) is 3.33. The number of amides is 3. The smallest absolute Gasteiger partial charge is 0.321 e. The van der Waals surface area contributed by atoms with Crippen molar-refractivity contribution in [3.05, 3.63) is 53.2 Å². The van der Waals surface area contributed by atoms with E-state index in [0.29, 0.717) is 37.3 Å². The minimum atomic E-state index is -0.123. The van der Waals surface area contributed by atoms with E-state index >= 15 is 0 Å². The van der Waals surface area contributed by atoms with Gasteiger partial charge in [-0.15, -0.1) is 0 Å². The van der Waals surface area contributed by atoms with Crippen molar-refractivity contribution in [2.24, 2.45) is 0 Å². The third-order valence-corrected chi connectivity index (χ3v) is 4.84. The molecule has 1 aliphatic rings. The highest BCUT2D eigenvalue weighted by Gasteiger charge is 2.23. The number of hydrogen-bond acceptors (Lipinski definition) is 4. The summed E-state index contributed by atoms with van der Waals surface area (Å²) in [7, 11) is 3.77. The molecule has 0 spiro atoms. The van der Waals surface area contributed by atoms with Crippen molar-refractivity contribution in [3.8, 4) is 0 Å². The minimum absolute atomic E-state index is 0.0495. The molecule has 29 heavy (non-hydrogen) atoms. The predicted octanol–water partition coefficient (Wildman–Crippen LogP) is 2.92. The standard InChI is InChI=1S/C22H29N5O2/c1-15(2)23-21(28)18-14-16-10-12-27(13-11-19(16)25-20(18)26(3)4)22(29)24-17-8-6-5-7-9-17/h5-9,14-15H,10-13H2,1-4H3,(H,23,28)(H,24,29). The molecule has 7 nitrogen and oxygen atoms in total. The molecule has 2 N–H and O–H groups in total. The van der Waals surface area contributed by atoms with E-state index in [1.165, 1.54) is 0 Å².